The van der Waals surface area contributed by atoms with Crippen LogP contribution in [-0.2, 0) is 6.54 Å². The lowest BCUT2D eigenvalue weighted by Crippen LogP contribution is -3.14. The van der Waals surface area contributed by atoms with Crippen LogP contribution in [0.15, 0.2) is 23.0 Å². The minimum Gasteiger partial charge on any atom is -0.366 e. The molecule has 2 aromatic rings. The first-order valence-electron chi connectivity index (χ1n) is 9.88. The molecule has 27 heavy (non-hydrogen) atoms. The van der Waals surface area contributed by atoms with E-state index in [4.69, 9.17) is 12.2 Å². The molecule has 0 saturated carbocycles. The second kappa shape index (κ2) is 8.40. The number of fused-ring (bicyclic) bond motifs is 1. The summed E-state index contributed by atoms with van der Waals surface area (Å²) in [6.45, 7) is 10.2. The number of nitrogens with zero attached hydrogens (tertiary/aromatic N) is 1. The Morgan fingerprint density at radius 2 is 2.19 bits per heavy atom. The summed E-state index contributed by atoms with van der Waals surface area (Å²) in [7, 11) is 1.85. The maximum atomic E-state index is 12.7. The van der Waals surface area contributed by atoms with Gasteiger partial charge in [0.25, 0.3) is 5.56 Å². The predicted molar refractivity (Wildman–Crippen MR) is 116 cm³/mol. The van der Waals surface area contributed by atoms with Gasteiger partial charge in [0, 0.05) is 25.5 Å². The number of benzene rings is 1. The Balaban J connectivity index is 1.89. The lowest BCUT2D eigenvalue weighted by atomic mass is 10.0. The number of rotatable bonds is 5. The quantitative estimate of drug-likeness (QED) is 0.681. The number of quaternary nitrogens is 1. The Labute approximate surface area is 166 Å². The Morgan fingerprint density at radius 3 is 2.89 bits per heavy atom. The molecule has 5 nitrogen and oxygen atoms in total. The Morgan fingerprint density at radius 1 is 1.41 bits per heavy atom. The molecule has 1 aromatic carbocycles. The van der Waals surface area contributed by atoms with Gasteiger partial charge in [-0.3, -0.25) is 4.79 Å². The maximum absolute atomic E-state index is 12.7. The fourth-order valence-corrected chi connectivity index (χ4v) is 4.35. The topological polar surface area (TPSA) is 52.6 Å². The fourth-order valence-electron chi connectivity index (χ4n) is 4.21. The van der Waals surface area contributed by atoms with Crippen LogP contribution in [0, 0.1) is 13.8 Å². The summed E-state index contributed by atoms with van der Waals surface area (Å²) in [6, 6.07) is 6.78. The SMILES string of the molecule is CC[NH+]1CCC[C@H]1CN(Cc1cc2ccc(C)c(C)c2[nH]c1=O)C(=S)NC. The van der Waals surface area contributed by atoms with Gasteiger partial charge in [-0.2, -0.15) is 0 Å². The molecule has 0 bridgehead atoms. The Bertz CT molecular complexity index is 892. The van der Waals surface area contributed by atoms with E-state index in [0.29, 0.717) is 17.7 Å². The predicted octanol–water partition coefficient (Wildman–Crippen LogP) is 1.52. The molecule has 0 aliphatic carbocycles. The van der Waals surface area contributed by atoms with Crippen molar-refractivity contribution < 1.29 is 4.90 Å². The van der Waals surface area contributed by atoms with Crippen LogP contribution in [0.2, 0.25) is 0 Å². The summed E-state index contributed by atoms with van der Waals surface area (Å²) in [5.74, 6) is 0. The molecule has 146 valence electrons. The van der Waals surface area contributed by atoms with Crippen molar-refractivity contribution >= 4 is 28.2 Å². The largest absolute Gasteiger partial charge is 0.366 e. The van der Waals surface area contributed by atoms with Gasteiger partial charge in [0.05, 0.1) is 31.7 Å². The smallest absolute Gasteiger partial charge is 0.253 e. The van der Waals surface area contributed by atoms with Crippen molar-refractivity contribution in [3.63, 3.8) is 0 Å². The summed E-state index contributed by atoms with van der Waals surface area (Å²) < 4.78 is 0. The molecule has 2 heterocycles. The van der Waals surface area contributed by atoms with Crippen LogP contribution in [0.25, 0.3) is 10.9 Å². The number of H-pyrrole nitrogens is 1. The lowest BCUT2D eigenvalue weighted by Gasteiger charge is -2.29. The zero-order valence-electron chi connectivity index (χ0n) is 16.8. The third-order valence-electron chi connectivity index (χ3n) is 6.01. The molecule has 0 spiro atoms. The average Bonchev–Trinajstić information content (AvgIpc) is 3.12. The minimum atomic E-state index is -0.0220. The summed E-state index contributed by atoms with van der Waals surface area (Å²) in [5, 5.41) is 4.88. The molecular weight excluding hydrogens is 356 g/mol. The van der Waals surface area contributed by atoms with Gasteiger partial charge in [-0.1, -0.05) is 12.1 Å². The number of pyridine rings is 1. The van der Waals surface area contributed by atoms with Crippen molar-refractivity contribution in [1.29, 1.82) is 0 Å². The molecule has 1 aliphatic rings. The molecule has 0 radical (unpaired) electrons. The number of nitrogens with one attached hydrogen (secondary N) is 3. The lowest BCUT2D eigenvalue weighted by molar-refractivity contribution is -0.909. The Kier molecular flexibility index (Phi) is 6.17. The summed E-state index contributed by atoms with van der Waals surface area (Å²) in [4.78, 5) is 19.6. The number of thiocarbonyl (C=S) groups is 1. The Hall–Kier alpha value is -1.92. The van der Waals surface area contributed by atoms with Crippen molar-refractivity contribution in [1.82, 2.24) is 15.2 Å². The summed E-state index contributed by atoms with van der Waals surface area (Å²) in [6.07, 6.45) is 2.49. The minimum absolute atomic E-state index is 0.0220. The summed E-state index contributed by atoms with van der Waals surface area (Å²) in [5.41, 5.74) is 3.99. The molecular formula is C21H31N4OS+. The molecule has 1 fully saturated rings. The highest BCUT2D eigenvalue weighted by atomic mass is 32.1. The van der Waals surface area contributed by atoms with Gasteiger partial charge in [-0.05, 0) is 55.6 Å². The molecule has 1 saturated heterocycles. The second-order valence-corrected chi connectivity index (χ2v) is 8.02. The van der Waals surface area contributed by atoms with Crippen molar-refractivity contribution in [2.75, 3.05) is 26.7 Å². The molecule has 1 unspecified atom stereocenters. The van der Waals surface area contributed by atoms with E-state index in [1.807, 2.05) is 13.1 Å². The normalized spacial score (nSPS) is 19.4. The van der Waals surface area contributed by atoms with Crippen molar-refractivity contribution in [3.05, 3.63) is 45.2 Å². The van der Waals surface area contributed by atoms with Gasteiger partial charge in [-0.25, -0.2) is 0 Å². The maximum Gasteiger partial charge on any atom is 0.253 e. The van der Waals surface area contributed by atoms with E-state index in [-0.39, 0.29) is 5.56 Å². The zero-order chi connectivity index (χ0) is 19.6. The van der Waals surface area contributed by atoms with Crippen LogP contribution >= 0.6 is 12.2 Å². The molecule has 1 aromatic heterocycles. The van der Waals surface area contributed by atoms with Gasteiger partial charge >= 0.3 is 0 Å². The summed E-state index contributed by atoms with van der Waals surface area (Å²) >= 11 is 5.56. The first-order chi connectivity index (χ1) is 12.9. The molecule has 3 rings (SSSR count). The van der Waals surface area contributed by atoms with Gasteiger partial charge in [0.1, 0.15) is 6.04 Å². The number of aromatic nitrogens is 1. The third-order valence-corrected chi connectivity index (χ3v) is 6.48. The number of likely N-dealkylation sites (N-methyl/N-ethyl adjacent to an activating group) is 1. The van der Waals surface area contributed by atoms with E-state index in [2.05, 4.69) is 48.1 Å². The van der Waals surface area contributed by atoms with Gasteiger partial charge in [0.15, 0.2) is 5.11 Å². The fraction of sp³-hybridized carbons (Fsp3) is 0.524. The number of aryl methyl sites for hydroxylation is 2. The van der Waals surface area contributed by atoms with E-state index in [0.717, 1.165) is 35.1 Å². The van der Waals surface area contributed by atoms with Crippen molar-refractivity contribution in [2.24, 2.45) is 0 Å². The molecule has 6 heteroatoms. The van der Waals surface area contributed by atoms with Crippen molar-refractivity contribution in [2.45, 2.75) is 46.2 Å². The monoisotopic (exact) mass is 387 g/mol. The average molecular weight is 388 g/mol. The number of hydrogen-bond donors (Lipinski definition) is 3. The highest BCUT2D eigenvalue weighted by Crippen LogP contribution is 2.19. The van der Waals surface area contributed by atoms with Crippen LogP contribution in [0.5, 0.6) is 0 Å². The first kappa shape index (κ1) is 19.8. The van der Waals surface area contributed by atoms with Crippen LogP contribution in [0.3, 0.4) is 0 Å². The highest BCUT2D eigenvalue weighted by molar-refractivity contribution is 7.80. The van der Waals surface area contributed by atoms with Gasteiger partial charge < -0.3 is 20.1 Å². The van der Waals surface area contributed by atoms with E-state index in [9.17, 15) is 4.79 Å². The second-order valence-electron chi connectivity index (χ2n) is 7.63. The molecule has 3 N–H and O–H groups in total. The standard InChI is InChI=1S/C21H30N4OS/c1-5-24-10-6-7-18(24)13-25(21(27)22-4)12-17-11-16-9-8-14(2)15(3)19(16)23-20(17)26/h8-9,11,18H,5-7,10,12-13H2,1-4H3,(H,22,27)(H,23,26)/p+1/t18-/m0/s1. The van der Waals surface area contributed by atoms with E-state index < -0.39 is 0 Å². The zero-order valence-corrected chi connectivity index (χ0v) is 17.6. The van der Waals surface area contributed by atoms with Crippen LogP contribution in [0.4, 0.5) is 0 Å². The molecule has 0 amide bonds. The van der Waals surface area contributed by atoms with E-state index >= 15 is 0 Å². The number of likely N-dealkylation sites (tertiary alicyclic amines) is 1. The van der Waals surface area contributed by atoms with Crippen LogP contribution < -0.4 is 15.8 Å². The number of aromatic amines is 1. The van der Waals surface area contributed by atoms with Crippen molar-refractivity contribution in [3.8, 4) is 0 Å². The van der Waals surface area contributed by atoms with Gasteiger partial charge in [0.2, 0.25) is 0 Å². The van der Waals surface area contributed by atoms with Crippen LogP contribution in [0.1, 0.15) is 36.5 Å². The molecule has 2 atom stereocenters. The van der Waals surface area contributed by atoms with E-state index in [1.54, 1.807) is 4.90 Å². The first-order valence-corrected chi connectivity index (χ1v) is 10.3. The third kappa shape index (κ3) is 4.17. The van der Waals surface area contributed by atoms with Crippen LogP contribution in [-0.4, -0.2) is 47.7 Å². The van der Waals surface area contributed by atoms with E-state index in [1.165, 1.54) is 24.9 Å². The number of hydrogen-bond acceptors (Lipinski definition) is 2. The van der Waals surface area contributed by atoms with Gasteiger partial charge in [-0.15, -0.1) is 0 Å². The molecule has 1 aliphatic heterocycles. The highest BCUT2D eigenvalue weighted by Gasteiger charge is 2.29.